The summed E-state index contributed by atoms with van der Waals surface area (Å²) in [4.78, 5) is 11.7. The van der Waals surface area contributed by atoms with Gasteiger partial charge in [0.15, 0.2) is 6.61 Å². The second kappa shape index (κ2) is 7.75. The van der Waals surface area contributed by atoms with Gasteiger partial charge in [0.1, 0.15) is 5.75 Å². The van der Waals surface area contributed by atoms with Crippen LogP contribution in [0.1, 0.15) is 16.7 Å². The van der Waals surface area contributed by atoms with E-state index in [0.717, 1.165) is 15.6 Å². The van der Waals surface area contributed by atoms with Crippen molar-refractivity contribution in [3.8, 4) is 5.75 Å². The van der Waals surface area contributed by atoms with Gasteiger partial charge in [-0.15, -0.1) is 0 Å². The van der Waals surface area contributed by atoms with E-state index in [1.807, 2.05) is 56.3 Å². The first-order valence-electron chi connectivity index (χ1n) is 6.82. The predicted molar refractivity (Wildman–Crippen MR) is 91.3 cm³/mol. The number of carbonyl (C=O) groups is 1. The van der Waals surface area contributed by atoms with Crippen LogP contribution in [-0.4, -0.2) is 18.7 Å². The van der Waals surface area contributed by atoms with E-state index in [4.69, 9.17) is 4.74 Å². The Morgan fingerprint density at radius 2 is 1.86 bits per heavy atom. The molecule has 4 nitrogen and oxygen atoms in total. The van der Waals surface area contributed by atoms with Gasteiger partial charge in [0, 0.05) is 0 Å². The minimum Gasteiger partial charge on any atom is -0.483 e. The zero-order chi connectivity index (χ0) is 15.9. The van der Waals surface area contributed by atoms with Crippen LogP contribution in [0.2, 0.25) is 0 Å². The van der Waals surface area contributed by atoms with Gasteiger partial charge in [0.25, 0.3) is 5.91 Å². The quantitative estimate of drug-likeness (QED) is 0.654. The van der Waals surface area contributed by atoms with Crippen molar-refractivity contribution in [2.45, 2.75) is 13.8 Å². The number of hydrogen-bond acceptors (Lipinski definition) is 3. The SMILES string of the molecule is Cc1ccc(/C=N/NC(=O)COc2ccc(C)cc2Br)cc1. The molecule has 2 rings (SSSR count). The minimum absolute atomic E-state index is 0.0904. The van der Waals surface area contributed by atoms with Crippen LogP contribution in [0.15, 0.2) is 52.0 Å². The van der Waals surface area contributed by atoms with Crippen molar-refractivity contribution < 1.29 is 9.53 Å². The molecule has 0 aliphatic rings. The number of amides is 1. The van der Waals surface area contributed by atoms with Crippen LogP contribution >= 0.6 is 15.9 Å². The maximum Gasteiger partial charge on any atom is 0.277 e. The fraction of sp³-hybridized carbons (Fsp3) is 0.176. The van der Waals surface area contributed by atoms with E-state index in [9.17, 15) is 4.79 Å². The van der Waals surface area contributed by atoms with Crippen molar-refractivity contribution in [2.24, 2.45) is 5.10 Å². The molecule has 0 aliphatic carbocycles. The molecule has 0 unspecified atom stereocenters. The number of hydrazone groups is 1. The van der Waals surface area contributed by atoms with E-state index in [-0.39, 0.29) is 12.5 Å². The monoisotopic (exact) mass is 360 g/mol. The Morgan fingerprint density at radius 1 is 1.18 bits per heavy atom. The summed E-state index contributed by atoms with van der Waals surface area (Å²) in [5.41, 5.74) is 5.66. The van der Waals surface area contributed by atoms with Gasteiger partial charge in [0.2, 0.25) is 0 Å². The second-order valence-corrected chi connectivity index (χ2v) is 5.78. The Morgan fingerprint density at radius 3 is 2.55 bits per heavy atom. The van der Waals surface area contributed by atoms with Crippen LogP contribution in [0.4, 0.5) is 0 Å². The van der Waals surface area contributed by atoms with Gasteiger partial charge in [-0.25, -0.2) is 5.43 Å². The first-order chi connectivity index (χ1) is 10.5. The van der Waals surface area contributed by atoms with Gasteiger partial charge in [0.05, 0.1) is 10.7 Å². The molecule has 2 aromatic rings. The first kappa shape index (κ1) is 16.2. The van der Waals surface area contributed by atoms with Crippen LogP contribution in [0.5, 0.6) is 5.75 Å². The highest BCUT2D eigenvalue weighted by Gasteiger charge is 2.04. The Kier molecular flexibility index (Phi) is 5.72. The number of halogens is 1. The van der Waals surface area contributed by atoms with Crippen LogP contribution in [-0.2, 0) is 4.79 Å². The molecule has 0 fully saturated rings. The highest BCUT2D eigenvalue weighted by atomic mass is 79.9. The highest BCUT2D eigenvalue weighted by molar-refractivity contribution is 9.10. The summed E-state index contributed by atoms with van der Waals surface area (Å²) in [6, 6.07) is 13.5. The van der Waals surface area contributed by atoms with Gasteiger partial charge in [-0.2, -0.15) is 5.10 Å². The number of ether oxygens (including phenoxy) is 1. The molecule has 0 aromatic heterocycles. The zero-order valence-electron chi connectivity index (χ0n) is 12.5. The lowest BCUT2D eigenvalue weighted by molar-refractivity contribution is -0.123. The molecular weight excluding hydrogens is 344 g/mol. The lowest BCUT2D eigenvalue weighted by Gasteiger charge is -2.07. The fourth-order valence-electron chi connectivity index (χ4n) is 1.73. The number of hydrogen-bond donors (Lipinski definition) is 1. The fourth-order valence-corrected chi connectivity index (χ4v) is 2.34. The molecule has 0 bridgehead atoms. The Labute approximate surface area is 138 Å². The molecule has 0 saturated heterocycles. The number of aryl methyl sites for hydroxylation is 2. The van der Waals surface area contributed by atoms with Crippen molar-refractivity contribution in [1.29, 1.82) is 0 Å². The molecule has 0 spiro atoms. The van der Waals surface area contributed by atoms with Crippen molar-refractivity contribution in [2.75, 3.05) is 6.61 Å². The summed E-state index contributed by atoms with van der Waals surface area (Å²) in [6.07, 6.45) is 1.60. The lowest BCUT2D eigenvalue weighted by atomic mass is 10.2. The molecule has 114 valence electrons. The maximum absolute atomic E-state index is 11.7. The molecule has 2 aromatic carbocycles. The predicted octanol–water partition coefficient (Wildman–Crippen LogP) is 3.60. The van der Waals surface area contributed by atoms with Gasteiger partial charge in [-0.1, -0.05) is 35.9 Å². The van der Waals surface area contributed by atoms with Gasteiger partial charge < -0.3 is 4.74 Å². The number of carbonyl (C=O) groups excluding carboxylic acids is 1. The summed E-state index contributed by atoms with van der Waals surface area (Å²) in [5, 5.41) is 3.90. The third-order valence-corrected chi connectivity index (χ3v) is 3.55. The molecule has 0 radical (unpaired) electrons. The van der Waals surface area contributed by atoms with Crippen molar-refractivity contribution in [3.05, 3.63) is 63.6 Å². The summed E-state index contributed by atoms with van der Waals surface area (Å²) in [7, 11) is 0. The molecule has 0 aliphatic heterocycles. The normalized spacial score (nSPS) is 10.7. The topological polar surface area (TPSA) is 50.7 Å². The van der Waals surface area contributed by atoms with Crippen LogP contribution < -0.4 is 10.2 Å². The molecule has 1 amide bonds. The van der Waals surface area contributed by atoms with Gasteiger partial charge in [-0.05, 0) is 53.0 Å². The van der Waals surface area contributed by atoms with E-state index >= 15 is 0 Å². The molecule has 5 heteroatoms. The molecule has 22 heavy (non-hydrogen) atoms. The van der Waals surface area contributed by atoms with E-state index in [1.54, 1.807) is 6.21 Å². The molecule has 1 N–H and O–H groups in total. The number of rotatable bonds is 5. The minimum atomic E-state index is -0.309. The second-order valence-electron chi connectivity index (χ2n) is 4.93. The van der Waals surface area contributed by atoms with E-state index in [2.05, 4.69) is 26.5 Å². The summed E-state index contributed by atoms with van der Waals surface area (Å²) >= 11 is 3.40. The smallest absolute Gasteiger partial charge is 0.277 e. The number of nitrogens with zero attached hydrogens (tertiary/aromatic N) is 1. The van der Waals surface area contributed by atoms with E-state index in [0.29, 0.717) is 5.75 Å². The molecule has 0 heterocycles. The highest BCUT2D eigenvalue weighted by Crippen LogP contribution is 2.25. The Hall–Kier alpha value is -2.14. The summed E-state index contributed by atoms with van der Waals surface area (Å²) < 4.78 is 6.26. The average Bonchev–Trinajstić information content (AvgIpc) is 2.48. The Balaban J connectivity index is 1.81. The van der Waals surface area contributed by atoms with Crippen molar-refractivity contribution >= 4 is 28.1 Å². The van der Waals surface area contributed by atoms with E-state index in [1.165, 1.54) is 5.56 Å². The zero-order valence-corrected chi connectivity index (χ0v) is 14.1. The lowest BCUT2D eigenvalue weighted by Crippen LogP contribution is -2.24. The van der Waals surface area contributed by atoms with Crippen molar-refractivity contribution in [3.63, 3.8) is 0 Å². The number of nitrogens with one attached hydrogen (secondary N) is 1. The first-order valence-corrected chi connectivity index (χ1v) is 7.61. The van der Waals surface area contributed by atoms with Crippen LogP contribution in [0.25, 0.3) is 0 Å². The average molecular weight is 361 g/mol. The van der Waals surface area contributed by atoms with Crippen LogP contribution in [0.3, 0.4) is 0 Å². The largest absolute Gasteiger partial charge is 0.483 e. The van der Waals surface area contributed by atoms with Crippen molar-refractivity contribution in [1.82, 2.24) is 5.43 Å². The molecule has 0 atom stereocenters. The van der Waals surface area contributed by atoms with E-state index < -0.39 is 0 Å². The summed E-state index contributed by atoms with van der Waals surface area (Å²) in [6.45, 7) is 3.91. The number of benzene rings is 2. The third-order valence-electron chi connectivity index (χ3n) is 2.93. The Bertz CT molecular complexity index is 682. The standard InChI is InChI=1S/C17H17BrN2O2/c1-12-3-6-14(7-4-12)10-19-20-17(21)11-22-16-8-5-13(2)9-15(16)18/h3-10H,11H2,1-2H3,(H,20,21)/b19-10+. The summed E-state index contributed by atoms with van der Waals surface area (Å²) in [5.74, 6) is 0.319. The van der Waals surface area contributed by atoms with Gasteiger partial charge >= 0.3 is 0 Å². The molecule has 0 saturated carbocycles. The molecular formula is C17H17BrN2O2. The van der Waals surface area contributed by atoms with Gasteiger partial charge in [-0.3, -0.25) is 4.79 Å². The van der Waals surface area contributed by atoms with Crippen LogP contribution in [0, 0.1) is 13.8 Å². The maximum atomic E-state index is 11.7. The third kappa shape index (κ3) is 5.00.